The SMILES string of the molecule is CC1CN(c2ccc(F)c(Br)c2)S(=O)(=O)C1. The molecule has 88 valence electrons. The molecule has 1 aliphatic rings. The van der Waals surface area contributed by atoms with Gasteiger partial charge in [0.15, 0.2) is 0 Å². The third-order valence-electron chi connectivity index (χ3n) is 2.50. The zero-order chi connectivity index (χ0) is 11.9. The number of halogens is 2. The van der Waals surface area contributed by atoms with Crippen LogP contribution in [-0.2, 0) is 10.0 Å². The van der Waals surface area contributed by atoms with E-state index in [2.05, 4.69) is 15.9 Å². The van der Waals surface area contributed by atoms with Crippen molar-refractivity contribution in [2.45, 2.75) is 6.92 Å². The summed E-state index contributed by atoms with van der Waals surface area (Å²) >= 11 is 3.05. The molecule has 0 spiro atoms. The molecule has 0 saturated carbocycles. The number of rotatable bonds is 1. The highest BCUT2D eigenvalue weighted by atomic mass is 79.9. The van der Waals surface area contributed by atoms with Crippen molar-refractivity contribution >= 4 is 31.6 Å². The van der Waals surface area contributed by atoms with Gasteiger partial charge in [0.2, 0.25) is 10.0 Å². The Labute approximate surface area is 102 Å². The molecule has 1 aliphatic heterocycles. The molecule has 0 aliphatic carbocycles. The van der Waals surface area contributed by atoms with Gasteiger partial charge in [0.1, 0.15) is 5.82 Å². The molecule has 1 aromatic rings. The molecule has 0 amide bonds. The molecule has 0 bridgehead atoms. The smallest absolute Gasteiger partial charge is 0.235 e. The minimum absolute atomic E-state index is 0.105. The number of anilines is 1. The fraction of sp³-hybridized carbons (Fsp3) is 0.400. The lowest BCUT2D eigenvalue weighted by molar-refractivity contribution is 0.597. The lowest BCUT2D eigenvalue weighted by Crippen LogP contribution is -2.25. The predicted molar refractivity (Wildman–Crippen MR) is 64.4 cm³/mol. The van der Waals surface area contributed by atoms with Crippen molar-refractivity contribution in [3.63, 3.8) is 0 Å². The van der Waals surface area contributed by atoms with E-state index in [0.29, 0.717) is 12.2 Å². The van der Waals surface area contributed by atoms with Gasteiger partial charge < -0.3 is 0 Å². The van der Waals surface area contributed by atoms with Gasteiger partial charge in [-0.15, -0.1) is 0 Å². The molecule has 1 unspecified atom stereocenters. The molecule has 1 aromatic carbocycles. The van der Waals surface area contributed by atoms with E-state index in [1.54, 1.807) is 0 Å². The average molecular weight is 308 g/mol. The van der Waals surface area contributed by atoms with Crippen LogP contribution in [0.4, 0.5) is 10.1 Å². The molecule has 1 heterocycles. The molecule has 3 nitrogen and oxygen atoms in total. The summed E-state index contributed by atoms with van der Waals surface area (Å²) in [6.45, 7) is 2.34. The maximum absolute atomic E-state index is 13.0. The van der Waals surface area contributed by atoms with Crippen LogP contribution >= 0.6 is 15.9 Å². The number of hydrogen-bond acceptors (Lipinski definition) is 2. The number of hydrogen-bond donors (Lipinski definition) is 0. The quantitative estimate of drug-likeness (QED) is 0.799. The summed E-state index contributed by atoms with van der Waals surface area (Å²) in [6, 6.07) is 4.23. The van der Waals surface area contributed by atoms with Crippen molar-refractivity contribution in [1.82, 2.24) is 0 Å². The summed E-state index contributed by atoms with van der Waals surface area (Å²) in [4.78, 5) is 0. The van der Waals surface area contributed by atoms with E-state index >= 15 is 0 Å². The largest absolute Gasteiger partial charge is 0.270 e. The summed E-state index contributed by atoms with van der Waals surface area (Å²) in [7, 11) is -3.23. The third-order valence-corrected chi connectivity index (χ3v) is 5.13. The summed E-state index contributed by atoms with van der Waals surface area (Å²) in [5.41, 5.74) is 0.512. The maximum Gasteiger partial charge on any atom is 0.235 e. The van der Waals surface area contributed by atoms with E-state index < -0.39 is 15.8 Å². The van der Waals surface area contributed by atoms with Crippen LogP contribution < -0.4 is 4.31 Å². The molecular formula is C10H11BrFNO2S. The van der Waals surface area contributed by atoms with Crippen molar-refractivity contribution in [3.8, 4) is 0 Å². The summed E-state index contributed by atoms with van der Waals surface area (Å²) in [6.07, 6.45) is 0. The molecule has 0 aromatic heterocycles. The minimum atomic E-state index is -3.23. The molecule has 6 heteroatoms. The van der Waals surface area contributed by atoms with E-state index in [1.165, 1.54) is 22.5 Å². The zero-order valence-electron chi connectivity index (χ0n) is 8.65. The maximum atomic E-state index is 13.0. The Balaban J connectivity index is 2.42. The van der Waals surface area contributed by atoms with Gasteiger partial charge >= 0.3 is 0 Å². The van der Waals surface area contributed by atoms with Crippen LogP contribution in [-0.4, -0.2) is 20.7 Å². The van der Waals surface area contributed by atoms with Crippen molar-refractivity contribution in [2.75, 3.05) is 16.6 Å². The van der Waals surface area contributed by atoms with Crippen molar-refractivity contribution < 1.29 is 12.8 Å². The first kappa shape index (κ1) is 11.9. The molecule has 0 radical (unpaired) electrons. The number of benzene rings is 1. The van der Waals surface area contributed by atoms with E-state index in [4.69, 9.17) is 0 Å². The van der Waals surface area contributed by atoms with Crippen LogP contribution in [0.3, 0.4) is 0 Å². The number of nitrogens with zero attached hydrogens (tertiary/aromatic N) is 1. The summed E-state index contributed by atoms with van der Waals surface area (Å²) in [5.74, 6) is -0.135. The molecule has 0 N–H and O–H groups in total. The van der Waals surface area contributed by atoms with Crippen LogP contribution in [0.25, 0.3) is 0 Å². The van der Waals surface area contributed by atoms with Gasteiger partial charge in [0.25, 0.3) is 0 Å². The Morgan fingerprint density at radius 1 is 1.50 bits per heavy atom. The predicted octanol–water partition coefficient (Wildman–Crippen LogP) is 2.37. The highest BCUT2D eigenvalue weighted by Gasteiger charge is 2.33. The Morgan fingerprint density at radius 3 is 2.69 bits per heavy atom. The van der Waals surface area contributed by atoms with Gasteiger partial charge in [-0.3, -0.25) is 4.31 Å². The average Bonchev–Trinajstić information content (AvgIpc) is 2.44. The molecule has 1 atom stereocenters. The van der Waals surface area contributed by atoms with E-state index in [-0.39, 0.29) is 16.1 Å². The minimum Gasteiger partial charge on any atom is -0.270 e. The second-order valence-corrected chi connectivity index (χ2v) is 6.81. The van der Waals surface area contributed by atoms with Gasteiger partial charge in [-0.25, -0.2) is 12.8 Å². The van der Waals surface area contributed by atoms with Crippen LogP contribution in [0.5, 0.6) is 0 Å². The first-order valence-corrected chi connectivity index (χ1v) is 7.26. The first-order chi connectivity index (χ1) is 7.40. The molecular weight excluding hydrogens is 297 g/mol. The summed E-state index contributed by atoms with van der Waals surface area (Å²) in [5, 5.41) is 0. The Morgan fingerprint density at radius 2 is 2.19 bits per heavy atom. The second kappa shape index (κ2) is 4.00. The van der Waals surface area contributed by atoms with Crippen LogP contribution in [0, 0.1) is 11.7 Å². The van der Waals surface area contributed by atoms with Gasteiger partial charge in [0.05, 0.1) is 15.9 Å². The van der Waals surface area contributed by atoms with Crippen molar-refractivity contribution in [2.24, 2.45) is 5.92 Å². The molecule has 16 heavy (non-hydrogen) atoms. The number of sulfonamides is 1. The fourth-order valence-electron chi connectivity index (χ4n) is 1.81. The second-order valence-electron chi connectivity index (χ2n) is 4.01. The zero-order valence-corrected chi connectivity index (χ0v) is 11.1. The lowest BCUT2D eigenvalue weighted by atomic mass is 10.2. The van der Waals surface area contributed by atoms with Gasteiger partial charge in [-0.2, -0.15) is 0 Å². The van der Waals surface area contributed by atoms with Crippen LogP contribution in [0.2, 0.25) is 0 Å². The third kappa shape index (κ3) is 2.08. The van der Waals surface area contributed by atoms with Crippen LogP contribution in [0.1, 0.15) is 6.92 Å². The van der Waals surface area contributed by atoms with Crippen LogP contribution in [0.15, 0.2) is 22.7 Å². The molecule has 1 fully saturated rings. The van der Waals surface area contributed by atoms with Crippen molar-refractivity contribution in [3.05, 3.63) is 28.5 Å². The Hall–Kier alpha value is -0.620. The topological polar surface area (TPSA) is 37.4 Å². The van der Waals surface area contributed by atoms with E-state index in [0.717, 1.165) is 0 Å². The van der Waals surface area contributed by atoms with Gasteiger partial charge in [-0.1, -0.05) is 6.92 Å². The van der Waals surface area contributed by atoms with E-state index in [1.807, 2.05) is 6.92 Å². The standard InChI is InChI=1S/C10H11BrFNO2S/c1-7-5-13(16(14,15)6-7)8-2-3-10(12)9(11)4-8/h2-4,7H,5-6H2,1H3. The molecule has 2 rings (SSSR count). The Kier molecular flexibility index (Phi) is 2.96. The van der Waals surface area contributed by atoms with Gasteiger partial charge in [-0.05, 0) is 40.0 Å². The highest BCUT2D eigenvalue weighted by molar-refractivity contribution is 9.10. The van der Waals surface area contributed by atoms with Crippen molar-refractivity contribution in [1.29, 1.82) is 0 Å². The normalized spacial score (nSPS) is 23.7. The van der Waals surface area contributed by atoms with E-state index in [9.17, 15) is 12.8 Å². The highest BCUT2D eigenvalue weighted by Crippen LogP contribution is 2.29. The fourth-order valence-corrected chi connectivity index (χ4v) is 4.09. The Bertz CT molecular complexity index is 518. The first-order valence-electron chi connectivity index (χ1n) is 4.85. The summed E-state index contributed by atoms with van der Waals surface area (Å²) < 4.78 is 38.2. The monoisotopic (exact) mass is 307 g/mol. The molecule has 1 saturated heterocycles. The lowest BCUT2D eigenvalue weighted by Gasteiger charge is -2.17. The van der Waals surface area contributed by atoms with Gasteiger partial charge in [0, 0.05) is 6.54 Å².